The van der Waals surface area contributed by atoms with Crippen molar-refractivity contribution in [1.82, 2.24) is 0 Å². The van der Waals surface area contributed by atoms with E-state index in [4.69, 9.17) is 0 Å². The van der Waals surface area contributed by atoms with Crippen LogP contribution in [-0.2, 0) is 10.8 Å². The molecule has 19 heavy (non-hydrogen) atoms. The van der Waals surface area contributed by atoms with E-state index in [2.05, 4.69) is 0 Å². The lowest BCUT2D eigenvalue weighted by molar-refractivity contribution is 0.102. The first-order valence-corrected chi connectivity index (χ1v) is 8.44. The van der Waals surface area contributed by atoms with Crippen LogP contribution < -0.4 is 0 Å². The average Bonchev–Trinajstić information content (AvgIpc) is 2.42. The van der Waals surface area contributed by atoms with Crippen LogP contribution in [-0.4, -0.2) is 21.0 Å². The van der Waals surface area contributed by atoms with Gasteiger partial charge in [0.1, 0.15) is 0 Å². The van der Waals surface area contributed by atoms with Gasteiger partial charge in [-0.2, -0.15) is 0 Å². The molecule has 0 spiro atoms. The third-order valence-electron chi connectivity index (χ3n) is 3.89. The second-order valence-corrected chi connectivity index (χ2v) is 7.24. The number of aryl methyl sites for hydroxylation is 2. The zero-order valence-electron chi connectivity index (χ0n) is 11.8. The van der Waals surface area contributed by atoms with E-state index in [1.54, 1.807) is 0 Å². The van der Waals surface area contributed by atoms with Crippen LogP contribution in [0.2, 0.25) is 0 Å². The Morgan fingerprint density at radius 2 is 1.89 bits per heavy atom. The van der Waals surface area contributed by atoms with E-state index in [0.717, 1.165) is 42.4 Å². The Kier molecular flexibility index (Phi) is 4.92. The van der Waals surface area contributed by atoms with E-state index >= 15 is 0 Å². The van der Waals surface area contributed by atoms with Gasteiger partial charge in [0.05, 0.1) is 5.75 Å². The predicted octanol–water partition coefficient (Wildman–Crippen LogP) is 3.57. The van der Waals surface area contributed by atoms with E-state index in [1.807, 2.05) is 32.0 Å². The molecule has 2 rings (SSSR count). The molecule has 0 radical (unpaired) electrons. The molecule has 0 bridgehead atoms. The van der Waals surface area contributed by atoms with Crippen LogP contribution in [0.3, 0.4) is 0 Å². The number of ketones is 1. The maximum absolute atomic E-state index is 12.3. The number of rotatable bonds is 4. The number of Topliss-reactive ketones (excluding diaryl/α,β-unsaturated/α-hetero) is 1. The number of carbonyl (C=O) groups excluding carboxylic acids is 1. The zero-order chi connectivity index (χ0) is 13.8. The van der Waals surface area contributed by atoms with Crippen LogP contribution >= 0.6 is 0 Å². The van der Waals surface area contributed by atoms with E-state index in [9.17, 15) is 9.00 Å². The first-order valence-electron chi connectivity index (χ1n) is 7.05. The zero-order valence-corrected chi connectivity index (χ0v) is 12.6. The van der Waals surface area contributed by atoms with Crippen molar-refractivity contribution < 1.29 is 9.00 Å². The smallest absolute Gasteiger partial charge is 0.175 e. The highest BCUT2D eigenvalue weighted by Crippen LogP contribution is 2.23. The van der Waals surface area contributed by atoms with Crippen molar-refractivity contribution in [1.29, 1.82) is 0 Å². The standard InChI is InChI=1S/C16H22O2S/c1-12-8-9-13(2)15(10-12)16(17)11-19(18)14-6-4-3-5-7-14/h8-10,14H,3-7,11H2,1-2H3. The Hall–Kier alpha value is -0.960. The van der Waals surface area contributed by atoms with Crippen LogP contribution in [0, 0.1) is 13.8 Å². The molecule has 0 aliphatic heterocycles. The van der Waals surface area contributed by atoms with Crippen molar-refractivity contribution in [2.75, 3.05) is 5.75 Å². The molecule has 0 heterocycles. The van der Waals surface area contributed by atoms with Crippen molar-refractivity contribution >= 4 is 16.6 Å². The molecule has 104 valence electrons. The minimum atomic E-state index is -1.00. The average molecular weight is 278 g/mol. The number of hydrogen-bond acceptors (Lipinski definition) is 2. The van der Waals surface area contributed by atoms with Crippen molar-refractivity contribution in [2.45, 2.75) is 51.2 Å². The van der Waals surface area contributed by atoms with Gasteiger partial charge in [0.25, 0.3) is 0 Å². The fourth-order valence-electron chi connectivity index (χ4n) is 2.69. The molecule has 1 aromatic rings. The lowest BCUT2D eigenvalue weighted by Crippen LogP contribution is -2.24. The van der Waals surface area contributed by atoms with E-state index in [1.165, 1.54) is 6.42 Å². The third kappa shape index (κ3) is 3.75. The molecule has 1 aromatic carbocycles. The van der Waals surface area contributed by atoms with Crippen molar-refractivity contribution in [3.05, 3.63) is 34.9 Å². The first kappa shape index (κ1) is 14.4. The molecule has 1 unspecified atom stereocenters. The first-order chi connectivity index (χ1) is 9.08. The Morgan fingerprint density at radius 1 is 1.21 bits per heavy atom. The summed E-state index contributed by atoms with van der Waals surface area (Å²) < 4.78 is 12.3. The number of hydrogen-bond donors (Lipinski definition) is 0. The van der Waals surface area contributed by atoms with E-state index < -0.39 is 10.8 Å². The van der Waals surface area contributed by atoms with Gasteiger partial charge in [0, 0.05) is 21.6 Å². The Balaban J connectivity index is 2.04. The maximum Gasteiger partial charge on any atom is 0.175 e. The van der Waals surface area contributed by atoms with Gasteiger partial charge in [-0.05, 0) is 38.3 Å². The molecule has 1 aliphatic rings. The predicted molar refractivity (Wildman–Crippen MR) is 80.1 cm³/mol. The molecule has 1 atom stereocenters. The molecule has 1 fully saturated rings. The summed E-state index contributed by atoms with van der Waals surface area (Å²) in [6.45, 7) is 3.92. The van der Waals surface area contributed by atoms with Crippen molar-refractivity contribution in [3.63, 3.8) is 0 Å². The van der Waals surface area contributed by atoms with Crippen molar-refractivity contribution in [3.8, 4) is 0 Å². The molecule has 0 aromatic heterocycles. The highest BCUT2D eigenvalue weighted by Gasteiger charge is 2.22. The van der Waals surface area contributed by atoms with Crippen LogP contribution in [0.5, 0.6) is 0 Å². The normalized spacial score (nSPS) is 18.2. The van der Waals surface area contributed by atoms with E-state index in [-0.39, 0.29) is 16.8 Å². The molecule has 1 saturated carbocycles. The van der Waals surface area contributed by atoms with Gasteiger partial charge in [-0.15, -0.1) is 0 Å². The summed E-state index contributed by atoms with van der Waals surface area (Å²) in [5.41, 5.74) is 2.80. The minimum Gasteiger partial charge on any atom is -0.293 e. The van der Waals surface area contributed by atoms with Crippen molar-refractivity contribution in [2.24, 2.45) is 0 Å². The number of benzene rings is 1. The quantitative estimate of drug-likeness (QED) is 0.789. The van der Waals surface area contributed by atoms with Crippen LogP contribution in [0.4, 0.5) is 0 Å². The lowest BCUT2D eigenvalue weighted by atomic mass is 10.0. The van der Waals surface area contributed by atoms with Gasteiger partial charge < -0.3 is 0 Å². The molecule has 0 saturated heterocycles. The van der Waals surface area contributed by atoms with Crippen LogP contribution in [0.1, 0.15) is 53.6 Å². The molecular weight excluding hydrogens is 256 g/mol. The molecule has 0 amide bonds. The second-order valence-electron chi connectivity index (χ2n) is 5.53. The van der Waals surface area contributed by atoms with Crippen LogP contribution in [0.25, 0.3) is 0 Å². The highest BCUT2D eigenvalue weighted by molar-refractivity contribution is 7.86. The van der Waals surface area contributed by atoms with Gasteiger partial charge in [-0.3, -0.25) is 9.00 Å². The second kappa shape index (κ2) is 6.47. The molecule has 1 aliphatic carbocycles. The van der Waals surface area contributed by atoms with Crippen LogP contribution in [0.15, 0.2) is 18.2 Å². The van der Waals surface area contributed by atoms with Gasteiger partial charge in [-0.1, -0.05) is 37.0 Å². The third-order valence-corrected chi connectivity index (χ3v) is 5.65. The molecule has 2 nitrogen and oxygen atoms in total. The Morgan fingerprint density at radius 3 is 2.58 bits per heavy atom. The maximum atomic E-state index is 12.3. The summed E-state index contributed by atoms with van der Waals surface area (Å²) in [6, 6.07) is 5.88. The largest absolute Gasteiger partial charge is 0.293 e. The highest BCUT2D eigenvalue weighted by atomic mass is 32.2. The molecule has 3 heteroatoms. The van der Waals surface area contributed by atoms with Gasteiger partial charge in [-0.25, -0.2) is 0 Å². The summed E-state index contributed by atoms with van der Waals surface area (Å²) in [5, 5.41) is 0.239. The fraction of sp³-hybridized carbons (Fsp3) is 0.562. The summed E-state index contributed by atoms with van der Waals surface area (Å²) in [7, 11) is -1.00. The monoisotopic (exact) mass is 278 g/mol. The molecular formula is C16H22O2S. The summed E-state index contributed by atoms with van der Waals surface area (Å²) in [5.74, 6) is 0.222. The fourth-order valence-corrected chi connectivity index (χ4v) is 4.20. The Bertz CT molecular complexity index is 488. The van der Waals surface area contributed by atoms with Gasteiger partial charge in [0.15, 0.2) is 5.78 Å². The lowest BCUT2D eigenvalue weighted by Gasteiger charge is -2.20. The van der Waals surface area contributed by atoms with Gasteiger partial charge >= 0.3 is 0 Å². The van der Waals surface area contributed by atoms with E-state index in [0.29, 0.717) is 0 Å². The molecule has 0 N–H and O–H groups in total. The number of carbonyl (C=O) groups is 1. The minimum absolute atomic E-state index is 0.0325. The Labute approximate surface area is 118 Å². The topological polar surface area (TPSA) is 34.1 Å². The van der Waals surface area contributed by atoms with Gasteiger partial charge in [0.2, 0.25) is 0 Å². The summed E-state index contributed by atoms with van der Waals surface area (Å²) >= 11 is 0. The summed E-state index contributed by atoms with van der Waals surface area (Å²) in [6.07, 6.45) is 5.61. The SMILES string of the molecule is Cc1ccc(C)c(C(=O)CS(=O)C2CCCCC2)c1. The summed E-state index contributed by atoms with van der Waals surface area (Å²) in [4.78, 5) is 12.3.